The molecular weight excluding hydrogens is 631 g/mol. The molecule has 0 spiro atoms. The molecule has 0 atom stereocenters. The van der Waals surface area contributed by atoms with Gasteiger partial charge in [-0.1, -0.05) is 105 Å². The Kier molecular flexibility index (Phi) is 20.7. The first kappa shape index (κ1) is 40.9. The fraction of sp³-hybridized carbons (Fsp3) is 0.600. The van der Waals surface area contributed by atoms with Crippen LogP contribution in [0.1, 0.15) is 18.9 Å². The maximum atomic E-state index is 6.33. The number of hydrogen-bond acceptors (Lipinski definition) is 3. The summed E-state index contributed by atoms with van der Waals surface area (Å²) < 4.78 is 12.4. The molecule has 3 nitrogen and oxygen atoms in total. The van der Waals surface area contributed by atoms with Gasteiger partial charge in [0.25, 0.3) is 0 Å². The van der Waals surface area contributed by atoms with Crippen LogP contribution in [0.2, 0.25) is 94.2 Å². The van der Waals surface area contributed by atoms with Crippen molar-refractivity contribution in [2.75, 3.05) is 6.54 Å². The molecule has 0 amide bonds. The maximum Gasteiger partial charge on any atom is 0.178 e. The van der Waals surface area contributed by atoms with E-state index in [2.05, 4.69) is 114 Å². The molecule has 236 valence electrons. The van der Waals surface area contributed by atoms with Gasteiger partial charge in [-0.2, -0.15) is 0 Å². The molecule has 0 bridgehead atoms. The van der Waals surface area contributed by atoms with E-state index < -0.39 is 52.3 Å². The van der Waals surface area contributed by atoms with Gasteiger partial charge in [0.2, 0.25) is 0 Å². The van der Waals surface area contributed by atoms with Crippen molar-refractivity contribution in [3.63, 3.8) is 0 Å². The van der Waals surface area contributed by atoms with Crippen molar-refractivity contribution in [1.82, 2.24) is 5.32 Å². The van der Waals surface area contributed by atoms with Crippen LogP contribution in [0.15, 0.2) is 55.3 Å². The van der Waals surface area contributed by atoms with Crippen LogP contribution >= 0.6 is 0 Å². The molecule has 1 aromatic carbocycles. The van der Waals surface area contributed by atoms with Gasteiger partial charge in [-0.05, 0) is 74.8 Å². The van der Waals surface area contributed by atoms with E-state index in [0.717, 1.165) is 12.1 Å². The molecule has 1 rings (SSSR count). The summed E-state index contributed by atoms with van der Waals surface area (Å²) in [6.45, 7) is 35.2. The summed E-state index contributed by atoms with van der Waals surface area (Å²) in [5.41, 5.74) is 8.60. The van der Waals surface area contributed by atoms with Crippen molar-refractivity contribution in [3.8, 4) is 0 Å². The molecule has 1 N–H and O–H groups in total. The summed E-state index contributed by atoms with van der Waals surface area (Å²) in [6.07, 6.45) is 7.34. The summed E-state index contributed by atoms with van der Waals surface area (Å²) in [5, 5.41) is 4.75. The average molecular weight is 699 g/mol. The molecule has 11 heteroatoms. The topological polar surface area (TPSA) is 30.5 Å². The normalized spacial score (nSPS) is 13.8. The van der Waals surface area contributed by atoms with E-state index in [9.17, 15) is 0 Å². The Bertz CT molecular complexity index is 891. The lowest BCUT2D eigenvalue weighted by molar-refractivity contribution is 0.580. The molecule has 0 aliphatic carbocycles. The molecule has 0 saturated carbocycles. The Morgan fingerprint density at radius 1 is 0.854 bits per heavy atom. The van der Waals surface area contributed by atoms with Gasteiger partial charge >= 0.3 is 0 Å². The summed E-state index contributed by atoms with van der Waals surface area (Å²) >= 11 is 0. The highest BCUT2D eigenvalue weighted by atomic mass is 28.4. The van der Waals surface area contributed by atoms with Gasteiger partial charge in [0.1, 0.15) is 9.76 Å². The Hall–Kier alpha value is -0.105. The third-order valence-electron chi connectivity index (χ3n) is 7.02. The first-order valence-corrected chi connectivity index (χ1v) is 36.4. The third kappa shape index (κ3) is 27.2. The zero-order valence-electron chi connectivity index (χ0n) is 29.1. The second-order valence-electron chi connectivity index (χ2n) is 15.2. The lowest BCUT2D eigenvalue weighted by atomic mass is 10.2. The van der Waals surface area contributed by atoms with E-state index in [-0.39, 0.29) is 19.0 Å². The standard InChI is InChI=1S/C16H39NSi4.C14H28O2Si4/c1-16(2)9-11-17-10-8-12-18-14-21(6,7)15-19-13-20(3,4)5;1-7-13-8-10-14(11-9-13)18-16-20(5,6)12-17-15-19(2,3)4/h9,11,17H,1,8,10,12-15,18-19H2,2-7H3;7-11H,1,12,17-18H2,2-6H3. The van der Waals surface area contributed by atoms with E-state index in [0.29, 0.717) is 0 Å². The summed E-state index contributed by atoms with van der Waals surface area (Å²) in [5.74, 6) is 0. The second-order valence-corrected chi connectivity index (χ2v) is 46.4. The zero-order valence-corrected chi connectivity index (χ0v) is 38.7. The number of hydrogen-bond donors (Lipinski definition) is 1. The number of benzene rings is 1. The quantitative estimate of drug-likeness (QED) is 0.105. The van der Waals surface area contributed by atoms with Crippen molar-refractivity contribution >= 4 is 82.6 Å². The van der Waals surface area contributed by atoms with Gasteiger partial charge in [0, 0.05) is 41.7 Å². The lowest BCUT2D eigenvalue weighted by Gasteiger charge is -2.25. The average Bonchev–Trinajstić information content (AvgIpc) is 2.83. The molecule has 41 heavy (non-hydrogen) atoms. The molecule has 0 heterocycles. The highest BCUT2D eigenvalue weighted by molar-refractivity contribution is 6.92. The minimum absolute atomic E-state index is 0.209. The van der Waals surface area contributed by atoms with Gasteiger partial charge in [-0.15, -0.1) is 0 Å². The smallest absolute Gasteiger partial charge is 0.178 e. The van der Waals surface area contributed by atoms with E-state index in [1.165, 1.54) is 28.9 Å². The summed E-state index contributed by atoms with van der Waals surface area (Å²) in [4.78, 5) is 0. The number of nitrogens with one attached hydrogen (secondary N) is 1. The number of allylic oxidation sites excluding steroid dienone is 2. The van der Waals surface area contributed by atoms with Gasteiger partial charge < -0.3 is 13.5 Å². The van der Waals surface area contributed by atoms with Crippen molar-refractivity contribution in [3.05, 3.63) is 60.8 Å². The Balaban J connectivity index is 0.000000781. The van der Waals surface area contributed by atoms with E-state index in [1.807, 2.05) is 19.2 Å². The van der Waals surface area contributed by atoms with Crippen molar-refractivity contribution in [1.29, 1.82) is 0 Å². The molecule has 0 saturated heterocycles. The monoisotopic (exact) mass is 697 g/mol. The maximum absolute atomic E-state index is 6.33. The van der Waals surface area contributed by atoms with E-state index in [4.69, 9.17) is 8.23 Å². The van der Waals surface area contributed by atoms with Crippen LogP contribution in [0.5, 0.6) is 0 Å². The Morgan fingerprint density at radius 2 is 1.46 bits per heavy atom. The highest BCUT2D eigenvalue weighted by Crippen LogP contribution is 2.17. The zero-order chi connectivity index (χ0) is 31.6. The minimum Gasteiger partial charge on any atom is -0.461 e. The second kappa shape index (κ2) is 20.8. The molecule has 0 unspecified atom stereocenters. The molecule has 0 radical (unpaired) electrons. The van der Waals surface area contributed by atoms with Crippen LogP contribution in [-0.4, -0.2) is 77.9 Å². The summed E-state index contributed by atoms with van der Waals surface area (Å²) in [6, 6.07) is 10.1. The van der Waals surface area contributed by atoms with Crippen molar-refractivity contribution in [2.24, 2.45) is 0 Å². The van der Waals surface area contributed by atoms with Crippen LogP contribution in [0.3, 0.4) is 0 Å². The first-order valence-electron chi connectivity index (χ1n) is 15.9. The van der Waals surface area contributed by atoms with E-state index >= 15 is 0 Å². The summed E-state index contributed by atoms with van der Waals surface area (Å²) in [7, 11) is -4.90. The van der Waals surface area contributed by atoms with Gasteiger partial charge in [0.05, 0.1) is 0 Å². The van der Waals surface area contributed by atoms with Crippen LogP contribution < -0.4 is 10.5 Å². The van der Waals surface area contributed by atoms with Crippen LogP contribution in [0.4, 0.5) is 0 Å². The van der Waals surface area contributed by atoms with Gasteiger partial charge in [-0.25, -0.2) is 0 Å². The highest BCUT2D eigenvalue weighted by Gasteiger charge is 2.24. The molecular formula is C30H67NO2Si8. The van der Waals surface area contributed by atoms with Gasteiger partial charge in [0.15, 0.2) is 26.4 Å². The van der Waals surface area contributed by atoms with Crippen LogP contribution in [0.25, 0.3) is 6.08 Å². The van der Waals surface area contributed by atoms with Gasteiger partial charge in [-0.3, -0.25) is 0 Å². The third-order valence-corrected chi connectivity index (χ3v) is 43.5. The van der Waals surface area contributed by atoms with Crippen molar-refractivity contribution in [2.45, 2.75) is 108 Å². The molecule has 0 aliphatic rings. The Morgan fingerprint density at radius 3 is 2.00 bits per heavy atom. The minimum atomic E-state index is -1.51. The Labute approximate surface area is 269 Å². The fourth-order valence-electron chi connectivity index (χ4n) is 4.22. The van der Waals surface area contributed by atoms with Crippen LogP contribution in [-0.2, 0) is 8.23 Å². The first-order chi connectivity index (χ1) is 18.8. The fourth-order valence-corrected chi connectivity index (χ4v) is 33.5. The SMILES string of the molecule is C=C(C)C=CNCCC[SiH2]C[Si](C)(C)C[SiH2]C[Si](C)(C)C.C=Cc1ccc([SiH2]O[Si](C)(C)C[SiH2]O[Si](C)(C)C)cc1. The largest absolute Gasteiger partial charge is 0.461 e. The molecule has 1 aromatic rings. The predicted molar refractivity (Wildman–Crippen MR) is 215 cm³/mol. The van der Waals surface area contributed by atoms with Crippen molar-refractivity contribution < 1.29 is 8.23 Å². The van der Waals surface area contributed by atoms with E-state index in [1.54, 1.807) is 17.0 Å². The molecule has 0 aromatic heterocycles. The lowest BCUT2D eigenvalue weighted by Crippen LogP contribution is -2.39. The molecule has 0 aliphatic heterocycles. The predicted octanol–water partition coefficient (Wildman–Crippen LogP) is 5.88. The van der Waals surface area contributed by atoms with Crippen LogP contribution in [0, 0.1) is 0 Å². The number of rotatable bonds is 20. The molecule has 0 fully saturated rings.